The normalized spacial score (nSPS) is 15.7. The number of benzene rings is 2. The van der Waals surface area contributed by atoms with Crippen LogP contribution in [0.3, 0.4) is 0 Å². The van der Waals surface area contributed by atoms with Crippen molar-refractivity contribution in [2.45, 2.75) is 6.54 Å². The number of rotatable bonds is 7. The molecule has 1 aliphatic heterocycles. The van der Waals surface area contributed by atoms with Gasteiger partial charge in [-0.25, -0.2) is 5.48 Å². The van der Waals surface area contributed by atoms with Crippen LogP contribution in [0.25, 0.3) is 12.2 Å². The average molecular weight is 405 g/mol. The van der Waals surface area contributed by atoms with Crippen molar-refractivity contribution in [1.82, 2.24) is 15.3 Å². The number of allylic oxidation sites excluding steroid dienone is 1. The molecule has 2 N–H and O–H groups in total. The van der Waals surface area contributed by atoms with Gasteiger partial charge in [-0.05, 0) is 42.0 Å². The summed E-state index contributed by atoms with van der Waals surface area (Å²) in [6, 6.07) is 15.2. The van der Waals surface area contributed by atoms with Gasteiger partial charge in [-0.1, -0.05) is 48.5 Å². The quantitative estimate of drug-likeness (QED) is 0.321. The van der Waals surface area contributed by atoms with Crippen molar-refractivity contribution in [3.8, 4) is 0 Å². The maximum Gasteiger partial charge on any atom is 0.267 e. The minimum atomic E-state index is -0.584. The number of nitrogens with one attached hydrogen (secondary N) is 1. The Labute approximate surface area is 177 Å². The van der Waals surface area contributed by atoms with E-state index in [1.165, 1.54) is 6.08 Å². The molecule has 0 saturated carbocycles. The van der Waals surface area contributed by atoms with Gasteiger partial charge in [0.15, 0.2) is 5.78 Å². The molecule has 1 amide bonds. The van der Waals surface area contributed by atoms with E-state index in [4.69, 9.17) is 5.21 Å². The highest BCUT2D eigenvalue weighted by molar-refractivity contribution is 6.06. The van der Waals surface area contributed by atoms with Gasteiger partial charge in [0.25, 0.3) is 5.91 Å². The lowest BCUT2D eigenvalue weighted by Crippen LogP contribution is -2.43. The average Bonchev–Trinajstić information content (AvgIpc) is 2.78. The number of carbonyl (C=O) groups is 2. The van der Waals surface area contributed by atoms with Crippen molar-refractivity contribution in [3.05, 3.63) is 82.9 Å². The molecule has 1 saturated heterocycles. The minimum absolute atomic E-state index is 0.0289. The van der Waals surface area contributed by atoms with E-state index < -0.39 is 5.91 Å². The fourth-order valence-corrected chi connectivity index (χ4v) is 3.28. The predicted molar refractivity (Wildman–Crippen MR) is 118 cm³/mol. The molecule has 1 aliphatic rings. The Morgan fingerprint density at radius 2 is 1.60 bits per heavy atom. The van der Waals surface area contributed by atoms with Crippen molar-refractivity contribution in [1.29, 1.82) is 0 Å². The van der Waals surface area contributed by atoms with Crippen LogP contribution in [0.15, 0.2) is 60.7 Å². The van der Waals surface area contributed by atoms with E-state index in [0.29, 0.717) is 5.56 Å². The monoisotopic (exact) mass is 405 g/mol. The Kier molecular flexibility index (Phi) is 7.68. The number of piperazine rings is 1. The number of ketones is 1. The van der Waals surface area contributed by atoms with Gasteiger partial charge in [0.2, 0.25) is 0 Å². The molecule has 1 heterocycles. The first-order valence-corrected chi connectivity index (χ1v) is 9.98. The summed E-state index contributed by atoms with van der Waals surface area (Å²) in [6.45, 7) is 5.10. The van der Waals surface area contributed by atoms with Crippen LogP contribution in [0.4, 0.5) is 0 Å². The van der Waals surface area contributed by atoms with E-state index >= 15 is 0 Å². The largest absolute Gasteiger partial charge is 0.304 e. The molecule has 3 rings (SSSR count). The van der Waals surface area contributed by atoms with Gasteiger partial charge in [0.05, 0.1) is 0 Å². The van der Waals surface area contributed by atoms with Crippen LogP contribution in [-0.4, -0.2) is 59.9 Å². The molecule has 0 atom stereocenters. The summed E-state index contributed by atoms with van der Waals surface area (Å²) in [5.74, 6) is -0.613. The van der Waals surface area contributed by atoms with E-state index in [0.717, 1.165) is 49.4 Å². The van der Waals surface area contributed by atoms with Crippen molar-refractivity contribution >= 4 is 23.8 Å². The third-order valence-corrected chi connectivity index (χ3v) is 5.11. The highest BCUT2D eigenvalue weighted by atomic mass is 16.5. The van der Waals surface area contributed by atoms with E-state index in [9.17, 15) is 9.59 Å². The van der Waals surface area contributed by atoms with Gasteiger partial charge in [-0.2, -0.15) is 0 Å². The van der Waals surface area contributed by atoms with Crippen LogP contribution in [0.1, 0.15) is 27.0 Å². The fraction of sp³-hybridized carbons (Fsp3) is 0.250. The Hall–Kier alpha value is -3.06. The summed E-state index contributed by atoms with van der Waals surface area (Å²) in [6.07, 6.45) is 6.20. The smallest absolute Gasteiger partial charge is 0.267 e. The first-order chi connectivity index (χ1) is 14.5. The highest BCUT2D eigenvalue weighted by Crippen LogP contribution is 2.13. The second-order valence-electron chi connectivity index (χ2n) is 7.45. The lowest BCUT2D eigenvalue weighted by molar-refractivity contribution is -0.124. The highest BCUT2D eigenvalue weighted by Gasteiger charge is 2.14. The topological polar surface area (TPSA) is 72.9 Å². The predicted octanol–water partition coefficient (Wildman–Crippen LogP) is 2.85. The third kappa shape index (κ3) is 6.49. The zero-order valence-corrected chi connectivity index (χ0v) is 17.1. The van der Waals surface area contributed by atoms with Gasteiger partial charge < -0.3 is 4.90 Å². The molecule has 1 fully saturated rings. The second-order valence-corrected chi connectivity index (χ2v) is 7.45. The molecule has 0 aromatic heterocycles. The molecule has 0 bridgehead atoms. The van der Waals surface area contributed by atoms with Crippen molar-refractivity contribution in [2.75, 3.05) is 33.2 Å². The van der Waals surface area contributed by atoms with Crippen molar-refractivity contribution in [2.24, 2.45) is 0 Å². The van der Waals surface area contributed by atoms with Gasteiger partial charge in [0, 0.05) is 44.4 Å². The molecule has 0 aliphatic carbocycles. The standard InChI is InChI=1S/C24H27N3O3/c1-26-13-15-27(16-14-26)18-21-3-2-4-22(17-21)23(28)11-9-19-5-7-20(8-6-19)10-12-24(29)25-30/h2-12,17,30H,13-16,18H2,1H3,(H,25,29). The fourth-order valence-electron chi connectivity index (χ4n) is 3.28. The Morgan fingerprint density at radius 3 is 2.23 bits per heavy atom. The molecule has 0 radical (unpaired) electrons. The lowest BCUT2D eigenvalue weighted by atomic mass is 10.0. The molecular formula is C24H27N3O3. The zero-order valence-electron chi connectivity index (χ0n) is 17.1. The number of carbonyl (C=O) groups excluding carboxylic acids is 2. The maximum absolute atomic E-state index is 12.6. The molecule has 30 heavy (non-hydrogen) atoms. The summed E-state index contributed by atoms with van der Waals surface area (Å²) in [5.41, 5.74) is 5.09. The Bertz CT molecular complexity index is 927. The number of likely N-dealkylation sites (N-methyl/N-ethyl adjacent to an activating group) is 1. The van der Waals surface area contributed by atoms with Crippen LogP contribution >= 0.6 is 0 Å². The van der Waals surface area contributed by atoms with Crippen molar-refractivity contribution in [3.63, 3.8) is 0 Å². The zero-order chi connectivity index (χ0) is 21.3. The number of hydrogen-bond acceptors (Lipinski definition) is 5. The maximum atomic E-state index is 12.6. The van der Waals surface area contributed by atoms with Gasteiger partial charge >= 0.3 is 0 Å². The summed E-state index contributed by atoms with van der Waals surface area (Å²) in [7, 11) is 2.14. The number of amides is 1. The Morgan fingerprint density at radius 1 is 0.967 bits per heavy atom. The van der Waals surface area contributed by atoms with Gasteiger partial charge in [-0.15, -0.1) is 0 Å². The first-order valence-electron chi connectivity index (χ1n) is 9.98. The summed E-state index contributed by atoms with van der Waals surface area (Å²) in [5, 5.41) is 8.49. The van der Waals surface area contributed by atoms with Crippen LogP contribution in [-0.2, 0) is 11.3 Å². The molecular weight excluding hydrogens is 378 g/mol. The Balaban J connectivity index is 1.59. The van der Waals surface area contributed by atoms with E-state index in [2.05, 4.69) is 22.9 Å². The van der Waals surface area contributed by atoms with Crippen LogP contribution in [0.5, 0.6) is 0 Å². The molecule has 0 unspecified atom stereocenters. The van der Waals surface area contributed by atoms with E-state index in [-0.39, 0.29) is 5.78 Å². The van der Waals surface area contributed by atoms with Crippen LogP contribution in [0, 0.1) is 0 Å². The summed E-state index contributed by atoms with van der Waals surface area (Å²) >= 11 is 0. The molecule has 6 heteroatoms. The first kappa shape index (κ1) is 21.6. The van der Waals surface area contributed by atoms with Crippen molar-refractivity contribution < 1.29 is 14.8 Å². The number of hydrogen-bond donors (Lipinski definition) is 2. The van der Waals surface area contributed by atoms with E-state index in [1.807, 2.05) is 42.5 Å². The summed E-state index contributed by atoms with van der Waals surface area (Å²) < 4.78 is 0. The number of hydroxylamine groups is 1. The minimum Gasteiger partial charge on any atom is -0.304 e. The number of nitrogens with zero attached hydrogens (tertiary/aromatic N) is 2. The molecule has 6 nitrogen and oxygen atoms in total. The van der Waals surface area contributed by atoms with Gasteiger partial charge in [-0.3, -0.25) is 19.7 Å². The third-order valence-electron chi connectivity index (χ3n) is 5.11. The molecule has 156 valence electrons. The SMILES string of the molecule is CN1CCN(Cc2cccc(C(=O)C=Cc3ccc(C=CC(=O)NO)cc3)c2)CC1. The second kappa shape index (κ2) is 10.6. The lowest BCUT2D eigenvalue weighted by Gasteiger charge is -2.32. The summed E-state index contributed by atoms with van der Waals surface area (Å²) in [4.78, 5) is 28.4. The van der Waals surface area contributed by atoms with Crippen LogP contribution < -0.4 is 5.48 Å². The molecule has 0 spiro atoms. The molecule has 2 aromatic rings. The molecule has 2 aromatic carbocycles. The van der Waals surface area contributed by atoms with Crippen LogP contribution in [0.2, 0.25) is 0 Å². The van der Waals surface area contributed by atoms with E-state index in [1.54, 1.807) is 23.7 Å². The van der Waals surface area contributed by atoms with Gasteiger partial charge in [0.1, 0.15) is 0 Å².